The van der Waals surface area contributed by atoms with Gasteiger partial charge in [0.05, 0.1) is 12.5 Å². The zero-order chi connectivity index (χ0) is 15.0. The molecule has 1 aliphatic rings. The molecule has 0 bridgehead atoms. The first-order valence-corrected chi connectivity index (χ1v) is 8.81. The molecule has 7 heteroatoms. The molecular weight excluding hydrogens is 308 g/mol. The highest BCUT2D eigenvalue weighted by Gasteiger charge is 2.30. The quantitative estimate of drug-likeness (QED) is 0.804. The molecule has 0 saturated heterocycles. The number of methoxy groups -OCH3 is 1. The summed E-state index contributed by atoms with van der Waals surface area (Å²) in [5.41, 5.74) is 1.53. The van der Waals surface area contributed by atoms with Gasteiger partial charge in [0.15, 0.2) is 11.2 Å². The lowest BCUT2D eigenvalue weighted by atomic mass is 10.2. The smallest absolute Gasteiger partial charge is 0.245 e. The van der Waals surface area contributed by atoms with Crippen molar-refractivity contribution in [2.24, 2.45) is 0 Å². The highest BCUT2D eigenvalue weighted by atomic mass is 35.5. The lowest BCUT2D eigenvalue weighted by Crippen LogP contribution is -2.11. The van der Waals surface area contributed by atoms with Gasteiger partial charge in [-0.05, 0) is 32.4 Å². The lowest BCUT2D eigenvalue weighted by molar-refractivity contribution is 0.401. The van der Waals surface area contributed by atoms with E-state index >= 15 is 0 Å². The van der Waals surface area contributed by atoms with Gasteiger partial charge in [0, 0.05) is 11.3 Å². The Labute approximate surface area is 133 Å². The summed E-state index contributed by atoms with van der Waals surface area (Å²) >= 11 is 8.28. The highest BCUT2D eigenvalue weighted by molar-refractivity contribution is 7.99. The van der Waals surface area contributed by atoms with Crippen LogP contribution < -0.4 is 4.74 Å². The molecule has 114 valence electrons. The average molecular weight is 327 g/mol. The summed E-state index contributed by atoms with van der Waals surface area (Å²) in [5, 5.41) is 0.534. The van der Waals surface area contributed by atoms with Gasteiger partial charge in [0.2, 0.25) is 5.88 Å². The van der Waals surface area contributed by atoms with Gasteiger partial charge < -0.3 is 9.30 Å². The van der Waals surface area contributed by atoms with Crippen LogP contribution in [0.1, 0.15) is 43.4 Å². The van der Waals surface area contributed by atoms with E-state index < -0.39 is 0 Å². The summed E-state index contributed by atoms with van der Waals surface area (Å²) in [6, 6.07) is 0.406. The summed E-state index contributed by atoms with van der Waals surface area (Å²) in [5.74, 6) is 1.37. The van der Waals surface area contributed by atoms with E-state index in [4.69, 9.17) is 16.3 Å². The van der Waals surface area contributed by atoms with Crippen LogP contribution in [0.15, 0.2) is 6.33 Å². The number of rotatable bonds is 4. The van der Waals surface area contributed by atoms with Crippen molar-refractivity contribution in [1.82, 2.24) is 19.5 Å². The zero-order valence-corrected chi connectivity index (χ0v) is 14.0. The first-order valence-electron chi connectivity index (χ1n) is 7.09. The van der Waals surface area contributed by atoms with E-state index in [0.717, 1.165) is 24.3 Å². The van der Waals surface area contributed by atoms with Crippen LogP contribution in [0.4, 0.5) is 0 Å². The van der Waals surface area contributed by atoms with Gasteiger partial charge in [-0.1, -0.05) is 0 Å². The summed E-state index contributed by atoms with van der Waals surface area (Å²) in [6.45, 7) is 1.94. The molecule has 3 rings (SSSR count). The number of thioether (sulfide) groups is 1. The first-order chi connectivity index (χ1) is 10.2. The fourth-order valence-electron chi connectivity index (χ4n) is 3.06. The van der Waals surface area contributed by atoms with Crippen LogP contribution in [-0.2, 0) is 0 Å². The summed E-state index contributed by atoms with van der Waals surface area (Å²) in [7, 11) is 1.60. The average Bonchev–Trinajstić information content (AvgIpc) is 3.10. The van der Waals surface area contributed by atoms with Crippen LogP contribution in [-0.4, -0.2) is 38.1 Å². The molecule has 1 aliphatic carbocycles. The van der Waals surface area contributed by atoms with Gasteiger partial charge in [0.25, 0.3) is 0 Å². The Morgan fingerprint density at radius 3 is 2.86 bits per heavy atom. The second-order valence-electron chi connectivity index (χ2n) is 5.34. The third-order valence-corrected chi connectivity index (χ3v) is 5.37. The molecule has 0 radical (unpaired) electrons. The van der Waals surface area contributed by atoms with Crippen LogP contribution in [0, 0.1) is 0 Å². The zero-order valence-electron chi connectivity index (χ0n) is 12.4. The van der Waals surface area contributed by atoms with Crippen molar-refractivity contribution in [3.8, 4) is 5.88 Å². The highest BCUT2D eigenvalue weighted by Crippen LogP contribution is 2.40. The summed E-state index contributed by atoms with van der Waals surface area (Å²) in [4.78, 5) is 13.2. The molecule has 21 heavy (non-hydrogen) atoms. The number of imidazole rings is 1. The van der Waals surface area contributed by atoms with Crippen molar-refractivity contribution in [1.29, 1.82) is 0 Å². The fraction of sp³-hybridized carbons (Fsp3) is 0.643. The Morgan fingerprint density at radius 2 is 2.24 bits per heavy atom. The van der Waals surface area contributed by atoms with Gasteiger partial charge in [-0.2, -0.15) is 16.7 Å². The molecule has 0 amide bonds. The van der Waals surface area contributed by atoms with Gasteiger partial charge in [-0.15, -0.1) is 11.6 Å². The molecule has 2 aromatic rings. The largest absolute Gasteiger partial charge is 0.479 e. The van der Waals surface area contributed by atoms with Crippen molar-refractivity contribution in [3.05, 3.63) is 12.2 Å². The lowest BCUT2D eigenvalue weighted by Gasteiger charge is -2.17. The van der Waals surface area contributed by atoms with E-state index in [9.17, 15) is 0 Å². The molecule has 0 spiro atoms. The second kappa shape index (κ2) is 6.01. The van der Waals surface area contributed by atoms with Gasteiger partial charge in [0.1, 0.15) is 12.2 Å². The maximum Gasteiger partial charge on any atom is 0.245 e. The van der Waals surface area contributed by atoms with Crippen LogP contribution in [0.5, 0.6) is 5.88 Å². The van der Waals surface area contributed by atoms with E-state index in [1.54, 1.807) is 7.11 Å². The van der Waals surface area contributed by atoms with E-state index in [0.29, 0.717) is 22.7 Å². The Hall–Kier alpha value is -1.01. The molecule has 0 N–H and O–H groups in total. The normalized spacial score (nSPS) is 23.6. The minimum atomic E-state index is -0.169. The van der Waals surface area contributed by atoms with Crippen molar-refractivity contribution < 1.29 is 4.74 Å². The number of alkyl halides is 1. The number of fused-ring (bicyclic) bond motifs is 1. The van der Waals surface area contributed by atoms with E-state index in [2.05, 4.69) is 25.8 Å². The Kier molecular flexibility index (Phi) is 4.26. The van der Waals surface area contributed by atoms with Gasteiger partial charge in [-0.3, -0.25) is 0 Å². The molecule has 1 saturated carbocycles. The predicted octanol–water partition coefficient (Wildman–Crippen LogP) is 3.59. The standard InChI is InChI=1S/C14H19ClN4OS/c1-8(15)12-18-11-13(16-7-17-14(11)20-2)19(12)9-4-5-10(6-9)21-3/h7-10H,4-6H2,1-3H3. The second-order valence-corrected chi connectivity index (χ2v) is 7.13. The third-order valence-electron chi connectivity index (χ3n) is 4.08. The van der Waals surface area contributed by atoms with E-state index in [1.165, 1.54) is 12.7 Å². The number of ether oxygens (including phenoxy) is 1. The van der Waals surface area contributed by atoms with Crippen molar-refractivity contribution in [2.45, 2.75) is 42.9 Å². The minimum Gasteiger partial charge on any atom is -0.479 e. The molecule has 2 aromatic heterocycles. The number of aromatic nitrogens is 4. The minimum absolute atomic E-state index is 0.169. The Morgan fingerprint density at radius 1 is 1.43 bits per heavy atom. The van der Waals surface area contributed by atoms with E-state index in [1.807, 2.05) is 18.7 Å². The maximum absolute atomic E-state index is 6.35. The van der Waals surface area contributed by atoms with Crippen molar-refractivity contribution in [2.75, 3.05) is 13.4 Å². The Balaban J connectivity index is 2.13. The van der Waals surface area contributed by atoms with Crippen LogP contribution >= 0.6 is 23.4 Å². The molecule has 0 aromatic carbocycles. The molecule has 1 fully saturated rings. The predicted molar refractivity (Wildman–Crippen MR) is 86.3 cm³/mol. The first kappa shape index (κ1) is 14.9. The number of halogens is 1. The summed E-state index contributed by atoms with van der Waals surface area (Å²) in [6.07, 6.45) is 7.21. The van der Waals surface area contributed by atoms with Crippen LogP contribution in [0.25, 0.3) is 11.2 Å². The molecule has 3 unspecified atom stereocenters. The van der Waals surface area contributed by atoms with Crippen molar-refractivity contribution in [3.63, 3.8) is 0 Å². The van der Waals surface area contributed by atoms with Gasteiger partial charge in [-0.25, -0.2) is 9.97 Å². The van der Waals surface area contributed by atoms with Crippen LogP contribution in [0.2, 0.25) is 0 Å². The number of nitrogens with zero attached hydrogens (tertiary/aromatic N) is 4. The maximum atomic E-state index is 6.35. The molecule has 0 aliphatic heterocycles. The molecule has 5 nitrogen and oxygen atoms in total. The molecular formula is C14H19ClN4OS. The monoisotopic (exact) mass is 326 g/mol. The fourth-order valence-corrected chi connectivity index (χ4v) is 4.00. The van der Waals surface area contributed by atoms with Gasteiger partial charge >= 0.3 is 0 Å². The number of hydrogen-bond donors (Lipinski definition) is 0. The Bertz CT molecular complexity index is 645. The van der Waals surface area contributed by atoms with Crippen molar-refractivity contribution >= 4 is 34.5 Å². The topological polar surface area (TPSA) is 52.8 Å². The summed E-state index contributed by atoms with van der Waals surface area (Å²) < 4.78 is 7.51. The van der Waals surface area contributed by atoms with Crippen LogP contribution in [0.3, 0.4) is 0 Å². The third kappa shape index (κ3) is 2.59. The molecule has 3 atom stereocenters. The SMILES string of the molecule is COc1ncnc2c1nc(C(C)Cl)n2C1CCC(SC)C1. The van der Waals surface area contributed by atoms with E-state index in [-0.39, 0.29) is 5.38 Å². The molecule has 2 heterocycles. The number of hydrogen-bond acceptors (Lipinski definition) is 5.